The number of rotatable bonds is 3. The molecule has 11 heavy (non-hydrogen) atoms. The van der Waals surface area contributed by atoms with Crippen molar-refractivity contribution >= 4 is 6.41 Å². The third-order valence-corrected chi connectivity index (χ3v) is 1.51. The summed E-state index contributed by atoms with van der Waals surface area (Å²) < 4.78 is 1.89. The second kappa shape index (κ2) is 3.18. The van der Waals surface area contributed by atoms with Gasteiger partial charge in [-0.1, -0.05) is 0 Å². The molecule has 0 N–H and O–H groups in total. The highest BCUT2D eigenvalue weighted by Crippen LogP contribution is 1.98. The number of aromatic nitrogens is 2. The van der Waals surface area contributed by atoms with Crippen LogP contribution in [0.5, 0.6) is 0 Å². The topological polar surface area (TPSA) is 38.1 Å². The van der Waals surface area contributed by atoms with E-state index in [0.717, 1.165) is 12.1 Å². The van der Waals surface area contributed by atoms with Crippen LogP contribution in [0.3, 0.4) is 0 Å². The predicted octanol–water partition coefficient (Wildman–Crippen LogP) is 0.00830. The molecule has 4 heteroatoms. The molecular formula is C7H11N3O. The van der Waals surface area contributed by atoms with Gasteiger partial charge in [-0.2, -0.15) is 0 Å². The fourth-order valence-electron chi connectivity index (χ4n) is 0.830. The number of carbonyl (C=O) groups excluding carboxylic acids is 1. The Labute approximate surface area is 65.5 Å². The molecule has 0 spiro atoms. The molecule has 0 saturated carbocycles. The number of hydrogen-bond donors (Lipinski definition) is 0. The van der Waals surface area contributed by atoms with Crippen molar-refractivity contribution in [2.24, 2.45) is 7.05 Å². The fourth-order valence-corrected chi connectivity index (χ4v) is 0.830. The molecule has 0 atom stereocenters. The van der Waals surface area contributed by atoms with Crippen LogP contribution in [0.25, 0.3) is 0 Å². The van der Waals surface area contributed by atoms with E-state index >= 15 is 0 Å². The molecule has 4 nitrogen and oxygen atoms in total. The minimum Gasteiger partial charge on any atom is -0.342 e. The van der Waals surface area contributed by atoms with Gasteiger partial charge in [0.2, 0.25) is 6.41 Å². The number of carbonyl (C=O) groups is 1. The Bertz CT molecular complexity index is 244. The van der Waals surface area contributed by atoms with Crippen molar-refractivity contribution in [3.8, 4) is 0 Å². The Morgan fingerprint density at radius 2 is 2.55 bits per heavy atom. The van der Waals surface area contributed by atoms with Gasteiger partial charge in [0.25, 0.3) is 0 Å². The SMILES string of the molecule is CN(C=O)Cc1cncn1C. The van der Waals surface area contributed by atoms with Gasteiger partial charge in [0.15, 0.2) is 0 Å². The van der Waals surface area contributed by atoms with Gasteiger partial charge in [0.1, 0.15) is 0 Å². The van der Waals surface area contributed by atoms with Gasteiger partial charge < -0.3 is 9.47 Å². The molecule has 1 rings (SSSR count). The summed E-state index contributed by atoms with van der Waals surface area (Å²) >= 11 is 0. The molecule has 1 heterocycles. The smallest absolute Gasteiger partial charge is 0.209 e. The lowest BCUT2D eigenvalue weighted by atomic mass is 10.4. The first-order valence-corrected chi connectivity index (χ1v) is 3.34. The second-order valence-corrected chi connectivity index (χ2v) is 2.52. The quantitative estimate of drug-likeness (QED) is 0.574. The lowest BCUT2D eigenvalue weighted by molar-refractivity contribution is -0.117. The van der Waals surface area contributed by atoms with Gasteiger partial charge in [-0.15, -0.1) is 0 Å². The van der Waals surface area contributed by atoms with Gasteiger partial charge in [-0.3, -0.25) is 4.79 Å². The summed E-state index contributed by atoms with van der Waals surface area (Å²) in [5.74, 6) is 0. The maximum Gasteiger partial charge on any atom is 0.209 e. The summed E-state index contributed by atoms with van der Waals surface area (Å²) in [5.41, 5.74) is 1.03. The lowest BCUT2D eigenvalue weighted by Gasteiger charge is -2.09. The van der Waals surface area contributed by atoms with Gasteiger partial charge in [0.05, 0.1) is 18.6 Å². The maximum atomic E-state index is 10.2. The van der Waals surface area contributed by atoms with Crippen LogP contribution in [0, 0.1) is 0 Å². The normalized spacial score (nSPS) is 9.64. The fraction of sp³-hybridized carbons (Fsp3) is 0.429. The molecule has 0 saturated heterocycles. The van der Waals surface area contributed by atoms with Crippen LogP contribution in [-0.2, 0) is 18.4 Å². The molecule has 1 aromatic heterocycles. The summed E-state index contributed by atoms with van der Waals surface area (Å²) in [5, 5.41) is 0. The van der Waals surface area contributed by atoms with E-state index in [1.165, 1.54) is 0 Å². The summed E-state index contributed by atoms with van der Waals surface area (Å²) in [6.07, 6.45) is 4.26. The number of nitrogens with zero attached hydrogens (tertiary/aromatic N) is 3. The van der Waals surface area contributed by atoms with Crippen molar-refractivity contribution in [2.75, 3.05) is 7.05 Å². The van der Waals surface area contributed by atoms with E-state index in [1.54, 1.807) is 24.5 Å². The van der Waals surface area contributed by atoms with Gasteiger partial charge in [-0.25, -0.2) is 4.98 Å². The summed E-state index contributed by atoms with van der Waals surface area (Å²) in [6, 6.07) is 0. The zero-order valence-electron chi connectivity index (χ0n) is 6.69. The van der Waals surface area contributed by atoms with Crippen LogP contribution in [0.4, 0.5) is 0 Å². The third kappa shape index (κ3) is 1.80. The number of imidazole rings is 1. The van der Waals surface area contributed by atoms with Gasteiger partial charge in [-0.05, 0) is 0 Å². The monoisotopic (exact) mass is 153 g/mol. The summed E-state index contributed by atoms with van der Waals surface area (Å²) in [4.78, 5) is 15.7. The molecule has 0 unspecified atom stereocenters. The van der Waals surface area contributed by atoms with Crippen molar-refractivity contribution in [2.45, 2.75) is 6.54 Å². The van der Waals surface area contributed by atoms with Gasteiger partial charge >= 0.3 is 0 Å². The highest BCUT2D eigenvalue weighted by atomic mass is 16.1. The van der Waals surface area contributed by atoms with E-state index in [4.69, 9.17) is 0 Å². The largest absolute Gasteiger partial charge is 0.342 e. The van der Waals surface area contributed by atoms with Crippen LogP contribution in [0.1, 0.15) is 5.69 Å². The molecule has 0 fully saturated rings. The van der Waals surface area contributed by atoms with Crippen LogP contribution in [-0.4, -0.2) is 27.9 Å². The molecule has 1 aromatic rings. The van der Waals surface area contributed by atoms with Crippen LogP contribution >= 0.6 is 0 Å². The zero-order valence-corrected chi connectivity index (χ0v) is 6.69. The highest BCUT2D eigenvalue weighted by molar-refractivity contribution is 5.46. The van der Waals surface area contributed by atoms with Crippen molar-refractivity contribution in [1.82, 2.24) is 14.5 Å². The van der Waals surface area contributed by atoms with E-state index in [0.29, 0.717) is 6.54 Å². The molecular weight excluding hydrogens is 142 g/mol. The van der Waals surface area contributed by atoms with Crippen molar-refractivity contribution in [3.05, 3.63) is 18.2 Å². The van der Waals surface area contributed by atoms with E-state index in [2.05, 4.69) is 4.98 Å². The first-order valence-electron chi connectivity index (χ1n) is 3.34. The Morgan fingerprint density at radius 1 is 1.82 bits per heavy atom. The Hall–Kier alpha value is -1.32. The molecule has 0 aliphatic rings. The molecule has 60 valence electrons. The standard InChI is InChI=1S/C7H11N3O/c1-9(6-11)4-7-3-8-5-10(7)2/h3,5-6H,4H2,1-2H3. The van der Waals surface area contributed by atoms with E-state index in [-0.39, 0.29) is 0 Å². The molecule has 0 radical (unpaired) electrons. The maximum absolute atomic E-state index is 10.2. The van der Waals surface area contributed by atoms with Crippen molar-refractivity contribution < 1.29 is 4.79 Å². The lowest BCUT2D eigenvalue weighted by Crippen LogP contribution is -2.16. The molecule has 0 bridgehead atoms. The molecule has 1 amide bonds. The molecule has 0 aliphatic carbocycles. The minimum absolute atomic E-state index is 0.611. The molecule has 0 aliphatic heterocycles. The second-order valence-electron chi connectivity index (χ2n) is 2.52. The Morgan fingerprint density at radius 3 is 3.00 bits per heavy atom. The minimum atomic E-state index is 0.611. The first-order chi connectivity index (χ1) is 5.24. The first kappa shape index (κ1) is 7.78. The van der Waals surface area contributed by atoms with E-state index in [9.17, 15) is 4.79 Å². The number of amides is 1. The average molecular weight is 153 g/mol. The predicted molar refractivity (Wildman–Crippen MR) is 40.7 cm³/mol. The Kier molecular flexibility index (Phi) is 2.25. The van der Waals surface area contributed by atoms with Crippen LogP contribution < -0.4 is 0 Å². The summed E-state index contributed by atoms with van der Waals surface area (Å²) in [6.45, 7) is 0.611. The van der Waals surface area contributed by atoms with Crippen molar-refractivity contribution in [3.63, 3.8) is 0 Å². The number of hydrogen-bond acceptors (Lipinski definition) is 2. The highest BCUT2D eigenvalue weighted by Gasteiger charge is 1.99. The van der Waals surface area contributed by atoms with Crippen molar-refractivity contribution in [1.29, 1.82) is 0 Å². The average Bonchev–Trinajstić information content (AvgIpc) is 2.37. The zero-order chi connectivity index (χ0) is 8.27. The summed E-state index contributed by atoms with van der Waals surface area (Å²) in [7, 11) is 3.64. The Balaban J connectivity index is 2.63. The van der Waals surface area contributed by atoms with Crippen LogP contribution in [0.15, 0.2) is 12.5 Å². The van der Waals surface area contributed by atoms with Crippen LogP contribution in [0.2, 0.25) is 0 Å². The molecule has 0 aromatic carbocycles. The van der Waals surface area contributed by atoms with Gasteiger partial charge in [0, 0.05) is 20.3 Å². The van der Waals surface area contributed by atoms with E-state index < -0.39 is 0 Å². The van der Waals surface area contributed by atoms with E-state index in [1.807, 2.05) is 11.6 Å². The third-order valence-electron chi connectivity index (χ3n) is 1.51. The number of aryl methyl sites for hydroxylation is 1.